The third-order valence-corrected chi connectivity index (χ3v) is 4.13. The minimum absolute atomic E-state index is 0.0281. The standard InChI is InChI=1S/C15H21BrO2/c1-11-7-14(16)8-13(9-17)15(11)18-10-12-5-3-2-4-6-12/h7-8,12,17H,2-6,9-10H2,1H3. The summed E-state index contributed by atoms with van der Waals surface area (Å²) < 4.78 is 6.97. The second-order valence-corrected chi connectivity index (χ2v) is 6.10. The molecule has 0 saturated heterocycles. The molecule has 1 N–H and O–H groups in total. The quantitative estimate of drug-likeness (QED) is 0.902. The van der Waals surface area contributed by atoms with Crippen molar-refractivity contribution in [3.63, 3.8) is 0 Å². The van der Waals surface area contributed by atoms with Gasteiger partial charge in [0.2, 0.25) is 0 Å². The van der Waals surface area contributed by atoms with Crippen LogP contribution >= 0.6 is 15.9 Å². The summed E-state index contributed by atoms with van der Waals surface area (Å²) in [5.41, 5.74) is 1.96. The maximum atomic E-state index is 9.40. The molecule has 1 saturated carbocycles. The van der Waals surface area contributed by atoms with Crippen LogP contribution in [0.15, 0.2) is 16.6 Å². The predicted molar refractivity (Wildman–Crippen MR) is 76.9 cm³/mol. The van der Waals surface area contributed by atoms with Crippen molar-refractivity contribution in [1.29, 1.82) is 0 Å². The first-order valence-corrected chi connectivity index (χ1v) is 7.52. The Labute approximate surface area is 117 Å². The van der Waals surface area contributed by atoms with Crippen LogP contribution in [0.5, 0.6) is 5.75 Å². The number of ether oxygens (including phenoxy) is 1. The Bertz CT molecular complexity index is 398. The summed E-state index contributed by atoms with van der Waals surface area (Å²) in [4.78, 5) is 0. The first-order chi connectivity index (χ1) is 8.70. The highest BCUT2D eigenvalue weighted by Crippen LogP contribution is 2.30. The molecule has 100 valence electrons. The van der Waals surface area contributed by atoms with Gasteiger partial charge in [0, 0.05) is 10.0 Å². The lowest BCUT2D eigenvalue weighted by Crippen LogP contribution is -2.16. The van der Waals surface area contributed by atoms with Crippen LogP contribution in [0, 0.1) is 12.8 Å². The Morgan fingerprint density at radius 3 is 2.67 bits per heavy atom. The maximum absolute atomic E-state index is 9.40. The summed E-state index contributed by atoms with van der Waals surface area (Å²) in [5.74, 6) is 1.56. The molecule has 1 aromatic carbocycles. The number of aliphatic hydroxyl groups excluding tert-OH is 1. The number of benzene rings is 1. The number of halogens is 1. The number of rotatable bonds is 4. The molecular weight excluding hydrogens is 292 g/mol. The lowest BCUT2D eigenvalue weighted by Gasteiger charge is -2.23. The molecule has 0 radical (unpaired) electrons. The van der Waals surface area contributed by atoms with Crippen LogP contribution in [0.4, 0.5) is 0 Å². The lowest BCUT2D eigenvalue weighted by atomic mass is 9.90. The molecule has 0 atom stereocenters. The molecular formula is C15H21BrO2. The second-order valence-electron chi connectivity index (χ2n) is 5.18. The summed E-state index contributed by atoms with van der Waals surface area (Å²) in [6, 6.07) is 3.97. The van der Waals surface area contributed by atoms with Gasteiger partial charge in [0.05, 0.1) is 13.2 Å². The van der Waals surface area contributed by atoms with E-state index in [4.69, 9.17) is 4.74 Å². The maximum Gasteiger partial charge on any atom is 0.127 e. The third-order valence-electron chi connectivity index (χ3n) is 3.67. The van der Waals surface area contributed by atoms with E-state index in [1.54, 1.807) is 0 Å². The van der Waals surface area contributed by atoms with E-state index in [1.807, 2.05) is 19.1 Å². The molecule has 0 aliphatic heterocycles. The summed E-state index contributed by atoms with van der Waals surface area (Å²) in [5, 5.41) is 9.40. The minimum atomic E-state index is 0.0281. The van der Waals surface area contributed by atoms with Crippen LogP contribution < -0.4 is 4.74 Å². The van der Waals surface area contributed by atoms with Gasteiger partial charge >= 0.3 is 0 Å². The average Bonchev–Trinajstić information content (AvgIpc) is 2.38. The summed E-state index contributed by atoms with van der Waals surface area (Å²) >= 11 is 3.45. The lowest BCUT2D eigenvalue weighted by molar-refractivity contribution is 0.200. The van der Waals surface area contributed by atoms with Gasteiger partial charge in [-0.2, -0.15) is 0 Å². The zero-order valence-corrected chi connectivity index (χ0v) is 12.5. The molecule has 0 amide bonds. The Balaban J connectivity index is 2.03. The van der Waals surface area contributed by atoms with Crippen molar-refractivity contribution in [1.82, 2.24) is 0 Å². The zero-order valence-electron chi connectivity index (χ0n) is 10.9. The number of hydrogen-bond acceptors (Lipinski definition) is 2. The van der Waals surface area contributed by atoms with Crippen LogP contribution in [0.3, 0.4) is 0 Å². The van der Waals surface area contributed by atoms with Gasteiger partial charge in [0.1, 0.15) is 5.75 Å². The molecule has 0 spiro atoms. The molecule has 0 bridgehead atoms. The fourth-order valence-electron chi connectivity index (χ4n) is 2.68. The molecule has 2 nitrogen and oxygen atoms in total. The number of aryl methyl sites for hydroxylation is 1. The van der Waals surface area contributed by atoms with Crippen molar-refractivity contribution < 1.29 is 9.84 Å². The van der Waals surface area contributed by atoms with Crippen molar-refractivity contribution in [3.05, 3.63) is 27.7 Å². The van der Waals surface area contributed by atoms with Gasteiger partial charge in [-0.25, -0.2) is 0 Å². The van der Waals surface area contributed by atoms with Crippen LogP contribution in [0.25, 0.3) is 0 Å². The Kier molecular flexibility index (Phi) is 5.07. The third kappa shape index (κ3) is 3.48. The predicted octanol–water partition coefficient (Wildman–Crippen LogP) is 4.21. The molecule has 1 aliphatic carbocycles. The molecule has 3 heteroatoms. The molecule has 1 aliphatic rings. The highest BCUT2D eigenvalue weighted by atomic mass is 79.9. The van der Waals surface area contributed by atoms with E-state index < -0.39 is 0 Å². The van der Waals surface area contributed by atoms with E-state index in [2.05, 4.69) is 15.9 Å². The largest absolute Gasteiger partial charge is 0.493 e. The van der Waals surface area contributed by atoms with Crippen LogP contribution in [0.1, 0.15) is 43.2 Å². The van der Waals surface area contributed by atoms with Gasteiger partial charge in [-0.05, 0) is 43.4 Å². The van der Waals surface area contributed by atoms with Gasteiger partial charge in [0.25, 0.3) is 0 Å². The zero-order chi connectivity index (χ0) is 13.0. The van der Waals surface area contributed by atoms with E-state index in [1.165, 1.54) is 32.1 Å². The van der Waals surface area contributed by atoms with Crippen molar-refractivity contribution in [2.45, 2.75) is 45.6 Å². The Hall–Kier alpha value is -0.540. The molecule has 1 fully saturated rings. The van der Waals surface area contributed by atoms with E-state index >= 15 is 0 Å². The summed E-state index contributed by atoms with van der Waals surface area (Å²) in [6.45, 7) is 2.84. The first-order valence-electron chi connectivity index (χ1n) is 6.73. The van der Waals surface area contributed by atoms with E-state index in [-0.39, 0.29) is 6.61 Å². The smallest absolute Gasteiger partial charge is 0.127 e. The van der Waals surface area contributed by atoms with Crippen molar-refractivity contribution in [2.24, 2.45) is 5.92 Å². The normalized spacial score (nSPS) is 16.8. The highest BCUT2D eigenvalue weighted by Gasteiger charge is 2.16. The molecule has 1 aromatic rings. The van der Waals surface area contributed by atoms with Gasteiger partial charge < -0.3 is 9.84 Å². The molecule has 0 aromatic heterocycles. The molecule has 0 unspecified atom stereocenters. The van der Waals surface area contributed by atoms with E-state index in [9.17, 15) is 5.11 Å². The van der Waals surface area contributed by atoms with E-state index in [0.29, 0.717) is 5.92 Å². The van der Waals surface area contributed by atoms with Crippen LogP contribution in [0.2, 0.25) is 0 Å². The van der Waals surface area contributed by atoms with Crippen molar-refractivity contribution >= 4 is 15.9 Å². The van der Waals surface area contributed by atoms with Gasteiger partial charge in [0.15, 0.2) is 0 Å². The minimum Gasteiger partial charge on any atom is -0.493 e. The van der Waals surface area contributed by atoms with Crippen LogP contribution in [-0.4, -0.2) is 11.7 Å². The molecule has 0 heterocycles. The SMILES string of the molecule is Cc1cc(Br)cc(CO)c1OCC1CCCCC1. The molecule has 2 rings (SSSR count). The summed E-state index contributed by atoms with van der Waals surface area (Å²) in [6.07, 6.45) is 6.60. The number of aliphatic hydroxyl groups is 1. The fourth-order valence-corrected chi connectivity index (χ4v) is 3.30. The Morgan fingerprint density at radius 1 is 1.28 bits per heavy atom. The van der Waals surface area contributed by atoms with Crippen LogP contribution in [-0.2, 0) is 6.61 Å². The summed E-state index contributed by atoms with van der Waals surface area (Å²) in [7, 11) is 0. The highest BCUT2D eigenvalue weighted by molar-refractivity contribution is 9.10. The molecule has 18 heavy (non-hydrogen) atoms. The van der Waals surface area contributed by atoms with Crippen molar-refractivity contribution in [2.75, 3.05) is 6.61 Å². The second kappa shape index (κ2) is 6.58. The monoisotopic (exact) mass is 312 g/mol. The van der Waals surface area contributed by atoms with Gasteiger partial charge in [-0.15, -0.1) is 0 Å². The first kappa shape index (κ1) is 13.9. The van der Waals surface area contributed by atoms with E-state index in [0.717, 1.165) is 28.0 Å². The topological polar surface area (TPSA) is 29.5 Å². The van der Waals surface area contributed by atoms with Gasteiger partial charge in [-0.3, -0.25) is 0 Å². The van der Waals surface area contributed by atoms with Crippen molar-refractivity contribution in [3.8, 4) is 5.75 Å². The fraction of sp³-hybridized carbons (Fsp3) is 0.600. The average molecular weight is 313 g/mol. The number of hydrogen-bond donors (Lipinski definition) is 1. The Morgan fingerprint density at radius 2 is 2.00 bits per heavy atom. The van der Waals surface area contributed by atoms with Gasteiger partial charge in [-0.1, -0.05) is 35.2 Å².